The van der Waals surface area contributed by atoms with Gasteiger partial charge in [-0.2, -0.15) is 0 Å². The molecule has 4 rings (SSSR count). The van der Waals surface area contributed by atoms with E-state index in [1.165, 1.54) is 16.9 Å². The topological polar surface area (TPSA) is 49.3 Å². The van der Waals surface area contributed by atoms with Crippen LogP contribution in [-0.4, -0.2) is 11.0 Å². The van der Waals surface area contributed by atoms with Crippen molar-refractivity contribution in [3.8, 4) is 11.1 Å². The number of thiophene rings is 1. The summed E-state index contributed by atoms with van der Waals surface area (Å²) in [7, 11) is 0. The van der Waals surface area contributed by atoms with E-state index < -0.39 is 6.10 Å². The minimum absolute atomic E-state index is 0.0129. The van der Waals surface area contributed by atoms with Crippen molar-refractivity contribution in [3.05, 3.63) is 118 Å². The fourth-order valence-electron chi connectivity index (χ4n) is 3.32. The van der Waals surface area contributed by atoms with Gasteiger partial charge < -0.3 is 10.4 Å². The van der Waals surface area contributed by atoms with Crippen LogP contribution in [0, 0.1) is 0 Å². The highest BCUT2D eigenvalue weighted by Gasteiger charge is 2.13. The predicted molar refractivity (Wildman–Crippen MR) is 122 cm³/mol. The maximum atomic E-state index is 12.3. The van der Waals surface area contributed by atoms with Crippen LogP contribution in [0.1, 0.15) is 27.0 Å². The average molecular weight is 414 g/mol. The van der Waals surface area contributed by atoms with Gasteiger partial charge in [-0.15, -0.1) is 11.3 Å². The molecule has 0 bridgehead atoms. The highest BCUT2D eigenvalue weighted by Crippen LogP contribution is 2.28. The number of nitrogens with one attached hydrogen (secondary N) is 1. The molecule has 2 N–H and O–H groups in total. The normalized spacial score (nSPS) is 11.8. The third-order valence-electron chi connectivity index (χ3n) is 4.95. The van der Waals surface area contributed by atoms with Gasteiger partial charge in [0.25, 0.3) is 0 Å². The number of carbonyl (C=O) groups is 1. The third-order valence-corrected chi connectivity index (χ3v) is 6.09. The van der Waals surface area contributed by atoms with Crippen LogP contribution in [-0.2, 0) is 17.8 Å². The molecule has 0 radical (unpaired) electrons. The van der Waals surface area contributed by atoms with Crippen molar-refractivity contribution in [1.82, 2.24) is 5.32 Å². The highest BCUT2D eigenvalue weighted by atomic mass is 32.1. The fraction of sp³-hybridized carbons (Fsp3) is 0.115. The lowest BCUT2D eigenvalue weighted by atomic mass is 10.0. The Morgan fingerprint density at radius 2 is 1.43 bits per heavy atom. The fourth-order valence-corrected chi connectivity index (χ4v) is 4.28. The Labute approximate surface area is 180 Å². The number of aliphatic hydroxyl groups is 1. The molecule has 1 amide bonds. The monoisotopic (exact) mass is 413 g/mol. The smallest absolute Gasteiger partial charge is 0.224 e. The molecule has 0 aliphatic rings. The zero-order valence-electron chi connectivity index (χ0n) is 16.5. The van der Waals surface area contributed by atoms with Gasteiger partial charge >= 0.3 is 0 Å². The second-order valence-electron chi connectivity index (χ2n) is 7.13. The lowest BCUT2D eigenvalue weighted by Gasteiger charge is -2.08. The molecule has 3 aromatic carbocycles. The molecule has 150 valence electrons. The van der Waals surface area contributed by atoms with E-state index in [2.05, 4.69) is 29.6 Å². The SMILES string of the molecule is O=C(Cc1ccc(-c2ccccc2)cc1)NCc1ccc(C(O)c2ccccc2)s1. The summed E-state index contributed by atoms with van der Waals surface area (Å²) in [5.41, 5.74) is 4.16. The summed E-state index contributed by atoms with van der Waals surface area (Å²) in [5, 5.41) is 13.5. The molecule has 0 spiro atoms. The van der Waals surface area contributed by atoms with Crippen molar-refractivity contribution in [2.75, 3.05) is 0 Å². The largest absolute Gasteiger partial charge is 0.383 e. The average Bonchev–Trinajstić information content (AvgIpc) is 3.28. The Morgan fingerprint density at radius 3 is 2.13 bits per heavy atom. The molecule has 1 atom stereocenters. The summed E-state index contributed by atoms with van der Waals surface area (Å²) in [6, 6.07) is 31.8. The van der Waals surface area contributed by atoms with Crippen molar-refractivity contribution < 1.29 is 9.90 Å². The van der Waals surface area contributed by atoms with Crippen LogP contribution in [0.4, 0.5) is 0 Å². The van der Waals surface area contributed by atoms with Gasteiger partial charge in [-0.3, -0.25) is 4.79 Å². The molecular weight excluding hydrogens is 390 g/mol. The van der Waals surface area contributed by atoms with E-state index in [1.54, 1.807) is 0 Å². The van der Waals surface area contributed by atoms with Crippen molar-refractivity contribution in [1.29, 1.82) is 0 Å². The number of benzene rings is 3. The number of aliphatic hydroxyl groups excluding tert-OH is 1. The third kappa shape index (κ3) is 5.03. The molecule has 4 aromatic rings. The van der Waals surface area contributed by atoms with E-state index in [1.807, 2.05) is 72.8 Å². The molecular formula is C26H23NO2S. The zero-order chi connectivity index (χ0) is 20.8. The van der Waals surface area contributed by atoms with Gasteiger partial charge in [0, 0.05) is 9.75 Å². The lowest BCUT2D eigenvalue weighted by molar-refractivity contribution is -0.120. The molecule has 1 aromatic heterocycles. The van der Waals surface area contributed by atoms with Crippen LogP contribution in [0.2, 0.25) is 0 Å². The van der Waals surface area contributed by atoms with Crippen molar-refractivity contribution in [3.63, 3.8) is 0 Å². The van der Waals surface area contributed by atoms with Crippen LogP contribution in [0.3, 0.4) is 0 Å². The Bertz CT molecular complexity index is 1090. The molecule has 4 heteroatoms. The van der Waals surface area contributed by atoms with Gasteiger partial charge in [-0.1, -0.05) is 84.9 Å². The highest BCUT2D eigenvalue weighted by molar-refractivity contribution is 7.12. The summed E-state index contributed by atoms with van der Waals surface area (Å²) in [5.74, 6) is -0.0129. The van der Waals surface area contributed by atoms with Crippen LogP contribution in [0.25, 0.3) is 11.1 Å². The van der Waals surface area contributed by atoms with Crippen molar-refractivity contribution >= 4 is 17.2 Å². The quantitative estimate of drug-likeness (QED) is 0.429. The van der Waals surface area contributed by atoms with E-state index >= 15 is 0 Å². The Balaban J connectivity index is 1.30. The van der Waals surface area contributed by atoms with Gasteiger partial charge in [0.15, 0.2) is 0 Å². The second kappa shape index (κ2) is 9.53. The number of rotatable bonds is 7. The minimum Gasteiger partial charge on any atom is -0.383 e. The Hall–Kier alpha value is -3.21. The maximum Gasteiger partial charge on any atom is 0.224 e. The first-order valence-corrected chi connectivity index (χ1v) is 10.7. The van der Waals surface area contributed by atoms with Crippen LogP contribution in [0.5, 0.6) is 0 Å². The first-order valence-electron chi connectivity index (χ1n) is 9.92. The molecule has 0 saturated carbocycles. The summed E-state index contributed by atoms with van der Waals surface area (Å²) in [4.78, 5) is 14.2. The summed E-state index contributed by atoms with van der Waals surface area (Å²) < 4.78 is 0. The van der Waals surface area contributed by atoms with Crippen molar-refractivity contribution in [2.45, 2.75) is 19.1 Å². The maximum absolute atomic E-state index is 12.3. The van der Waals surface area contributed by atoms with E-state index in [-0.39, 0.29) is 5.91 Å². The minimum atomic E-state index is -0.635. The number of hydrogen-bond donors (Lipinski definition) is 2. The van der Waals surface area contributed by atoms with Gasteiger partial charge in [0.05, 0.1) is 13.0 Å². The Kier molecular flexibility index (Phi) is 6.38. The zero-order valence-corrected chi connectivity index (χ0v) is 17.3. The number of amides is 1. The molecule has 3 nitrogen and oxygen atoms in total. The van der Waals surface area contributed by atoms with Crippen LogP contribution in [0.15, 0.2) is 97.1 Å². The van der Waals surface area contributed by atoms with Crippen LogP contribution < -0.4 is 5.32 Å². The summed E-state index contributed by atoms with van der Waals surface area (Å²) in [6.07, 6.45) is -0.288. The summed E-state index contributed by atoms with van der Waals surface area (Å²) in [6.45, 7) is 0.465. The molecule has 1 heterocycles. The van der Waals surface area contributed by atoms with Gasteiger partial charge in [0.2, 0.25) is 5.91 Å². The summed E-state index contributed by atoms with van der Waals surface area (Å²) >= 11 is 1.52. The van der Waals surface area contributed by atoms with Crippen LogP contribution >= 0.6 is 11.3 Å². The van der Waals surface area contributed by atoms with E-state index in [0.29, 0.717) is 13.0 Å². The van der Waals surface area contributed by atoms with Gasteiger partial charge in [-0.25, -0.2) is 0 Å². The molecule has 1 unspecified atom stereocenters. The standard InChI is InChI=1S/C26H23NO2S/c28-25(17-19-11-13-21(14-12-19)20-7-3-1-4-8-20)27-18-23-15-16-24(30-23)26(29)22-9-5-2-6-10-22/h1-16,26,29H,17-18H2,(H,27,28). The predicted octanol–water partition coefficient (Wildman–Crippen LogP) is 5.36. The van der Waals surface area contributed by atoms with Crippen molar-refractivity contribution in [2.24, 2.45) is 0 Å². The van der Waals surface area contributed by atoms with Gasteiger partial charge in [0.1, 0.15) is 6.10 Å². The molecule has 0 saturated heterocycles. The molecule has 30 heavy (non-hydrogen) atoms. The molecule has 0 aliphatic carbocycles. The Morgan fingerprint density at radius 1 is 0.800 bits per heavy atom. The van der Waals surface area contributed by atoms with E-state index in [0.717, 1.165) is 26.4 Å². The van der Waals surface area contributed by atoms with E-state index in [9.17, 15) is 9.90 Å². The second-order valence-corrected chi connectivity index (χ2v) is 8.33. The molecule has 0 aliphatic heterocycles. The first kappa shape index (κ1) is 20.1. The number of carbonyl (C=O) groups excluding carboxylic acids is 1. The van der Waals surface area contributed by atoms with Gasteiger partial charge in [-0.05, 0) is 34.4 Å². The number of hydrogen-bond acceptors (Lipinski definition) is 3. The lowest BCUT2D eigenvalue weighted by Crippen LogP contribution is -2.24. The first-order chi connectivity index (χ1) is 14.7. The van der Waals surface area contributed by atoms with E-state index in [4.69, 9.17) is 0 Å². The molecule has 0 fully saturated rings.